The maximum absolute atomic E-state index is 11.9. The number of carbonyl (C=O) groups excluding carboxylic acids is 1. The van der Waals surface area contributed by atoms with Crippen LogP contribution in [0.3, 0.4) is 0 Å². The van der Waals surface area contributed by atoms with Crippen LogP contribution in [0.2, 0.25) is 0 Å². The molecule has 0 bridgehead atoms. The van der Waals surface area contributed by atoms with Crippen LogP contribution in [0.5, 0.6) is 0 Å². The Morgan fingerprint density at radius 1 is 1.24 bits per heavy atom. The van der Waals surface area contributed by atoms with Crippen molar-refractivity contribution in [2.24, 2.45) is 11.1 Å². The monoisotopic (exact) mass is 253 g/mol. The van der Waals surface area contributed by atoms with Gasteiger partial charge in [-0.05, 0) is 31.2 Å². The second-order valence-corrected chi connectivity index (χ2v) is 4.65. The van der Waals surface area contributed by atoms with E-state index in [2.05, 4.69) is 4.74 Å². The fraction of sp³-hybridized carbons (Fsp3) is 0.909. The Kier molecular flexibility index (Phi) is 4.80. The second kappa shape index (κ2) is 5.71. The van der Waals surface area contributed by atoms with Gasteiger partial charge >= 0.3 is 12.1 Å². The van der Waals surface area contributed by atoms with Gasteiger partial charge in [0, 0.05) is 0 Å². The van der Waals surface area contributed by atoms with Crippen LogP contribution >= 0.6 is 0 Å². The molecule has 0 unspecified atom stereocenters. The third-order valence-corrected chi connectivity index (χ3v) is 3.44. The van der Waals surface area contributed by atoms with E-state index in [1.54, 1.807) is 0 Å². The minimum absolute atomic E-state index is 0.135. The minimum Gasteiger partial charge on any atom is -0.459 e. The van der Waals surface area contributed by atoms with Crippen molar-refractivity contribution < 1.29 is 22.7 Å². The Morgan fingerprint density at radius 2 is 1.82 bits per heavy atom. The first kappa shape index (κ1) is 14.3. The summed E-state index contributed by atoms with van der Waals surface area (Å²) < 4.78 is 39.9. The van der Waals surface area contributed by atoms with Crippen LogP contribution < -0.4 is 5.73 Å². The summed E-state index contributed by atoms with van der Waals surface area (Å²) in [5.41, 5.74) is 5.54. The van der Waals surface area contributed by atoms with E-state index in [0.29, 0.717) is 13.0 Å². The predicted octanol–water partition coefficient (Wildman–Crippen LogP) is 2.39. The lowest BCUT2D eigenvalue weighted by atomic mass is 9.72. The number of hydrogen-bond donors (Lipinski definition) is 1. The number of esters is 1. The molecule has 0 amide bonds. The highest BCUT2D eigenvalue weighted by molar-refractivity contribution is 5.75. The average molecular weight is 253 g/mol. The van der Waals surface area contributed by atoms with Gasteiger partial charge in [0.15, 0.2) is 0 Å². The number of ether oxygens (including phenoxy) is 1. The van der Waals surface area contributed by atoms with Crippen LogP contribution in [0.4, 0.5) is 13.2 Å². The Bertz CT molecular complexity index is 260. The number of hydrogen-bond acceptors (Lipinski definition) is 3. The Labute approximate surface area is 98.5 Å². The van der Waals surface area contributed by atoms with Crippen LogP contribution in [0.15, 0.2) is 0 Å². The van der Waals surface area contributed by atoms with E-state index in [1.807, 2.05) is 0 Å². The van der Waals surface area contributed by atoms with E-state index in [4.69, 9.17) is 5.73 Å². The Morgan fingerprint density at radius 3 is 2.29 bits per heavy atom. The van der Waals surface area contributed by atoms with Crippen LogP contribution in [0.25, 0.3) is 0 Å². The third kappa shape index (κ3) is 4.18. The summed E-state index contributed by atoms with van der Waals surface area (Å²) in [7, 11) is 0. The van der Waals surface area contributed by atoms with Gasteiger partial charge in [-0.1, -0.05) is 19.3 Å². The van der Waals surface area contributed by atoms with E-state index in [-0.39, 0.29) is 12.0 Å². The molecule has 0 heterocycles. The topological polar surface area (TPSA) is 52.3 Å². The molecule has 0 aromatic rings. The van der Waals surface area contributed by atoms with Crippen LogP contribution in [-0.2, 0) is 9.53 Å². The second-order valence-electron chi connectivity index (χ2n) is 4.65. The first-order chi connectivity index (χ1) is 7.90. The molecule has 3 nitrogen and oxygen atoms in total. The zero-order chi connectivity index (χ0) is 12.9. The molecule has 1 aliphatic rings. The maximum Gasteiger partial charge on any atom is 0.490 e. The minimum atomic E-state index is -4.90. The highest BCUT2D eigenvalue weighted by Crippen LogP contribution is 2.38. The summed E-state index contributed by atoms with van der Waals surface area (Å²) in [6.07, 6.45) is 0.576. The number of halogens is 3. The number of rotatable bonds is 4. The molecule has 100 valence electrons. The zero-order valence-electron chi connectivity index (χ0n) is 9.68. The van der Waals surface area contributed by atoms with Crippen LogP contribution in [0, 0.1) is 5.41 Å². The number of nitrogens with two attached hydrogens (primary N) is 1. The van der Waals surface area contributed by atoms with E-state index in [1.165, 1.54) is 0 Å². The molecular formula is C11H18F3NO2. The van der Waals surface area contributed by atoms with Gasteiger partial charge in [0.05, 0.1) is 6.61 Å². The van der Waals surface area contributed by atoms with Gasteiger partial charge < -0.3 is 10.5 Å². The van der Waals surface area contributed by atoms with Gasteiger partial charge in [-0.25, -0.2) is 4.79 Å². The lowest BCUT2D eigenvalue weighted by Crippen LogP contribution is -2.35. The summed E-state index contributed by atoms with van der Waals surface area (Å²) in [4.78, 5) is 10.5. The summed E-state index contributed by atoms with van der Waals surface area (Å²) in [6.45, 7) is 0.242. The van der Waals surface area contributed by atoms with Gasteiger partial charge in [-0.15, -0.1) is 0 Å². The fourth-order valence-electron chi connectivity index (χ4n) is 2.30. The van der Waals surface area contributed by atoms with Crippen molar-refractivity contribution in [3.8, 4) is 0 Å². The van der Waals surface area contributed by atoms with Gasteiger partial charge in [0.2, 0.25) is 0 Å². The highest BCUT2D eigenvalue weighted by atomic mass is 19.4. The lowest BCUT2D eigenvalue weighted by molar-refractivity contribution is -0.200. The molecule has 1 fully saturated rings. The molecule has 0 aliphatic heterocycles. The first-order valence-corrected chi connectivity index (χ1v) is 5.84. The molecule has 2 N–H and O–H groups in total. The van der Waals surface area contributed by atoms with Gasteiger partial charge in [0.25, 0.3) is 0 Å². The SMILES string of the molecule is NCC1(CCOC(=O)C(F)(F)F)CCCCC1. The molecular weight excluding hydrogens is 235 g/mol. The molecule has 1 saturated carbocycles. The van der Waals surface area contributed by atoms with Gasteiger partial charge in [-0.3, -0.25) is 0 Å². The standard InChI is InChI=1S/C11H18F3NO2/c12-11(13,14)9(16)17-7-6-10(8-15)4-2-1-3-5-10/h1-8,15H2. The maximum atomic E-state index is 11.9. The van der Waals surface area contributed by atoms with Gasteiger partial charge in [0.1, 0.15) is 0 Å². The molecule has 17 heavy (non-hydrogen) atoms. The Hall–Kier alpha value is -0.780. The highest BCUT2D eigenvalue weighted by Gasteiger charge is 2.41. The quantitative estimate of drug-likeness (QED) is 0.783. The Balaban J connectivity index is 2.36. The van der Waals surface area contributed by atoms with Gasteiger partial charge in [-0.2, -0.15) is 13.2 Å². The number of alkyl halides is 3. The molecule has 6 heteroatoms. The van der Waals surface area contributed by atoms with Crippen LogP contribution in [0.1, 0.15) is 38.5 Å². The zero-order valence-corrected chi connectivity index (χ0v) is 9.68. The van der Waals surface area contributed by atoms with Crippen molar-refractivity contribution >= 4 is 5.97 Å². The van der Waals surface area contributed by atoms with Crippen molar-refractivity contribution in [3.05, 3.63) is 0 Å². The predicted molar refractivity (Wildman–Crippen MR) is 56.2 cm³/mol. The summed E-state index contributed by atoms with van der Waals surface area (Å²) >= 11 is 0. The van der Waals surface area contributed by atoms with E-state index in [9.17, 15) is 18.0 Å². The molecule has 0 saturated heterocycles. The molecule has 0 spiro atoms. The fourth-order valence-corrected chi connectivity index (χ4v) is 2.30. The summed E-state index contributed by atoms with van der Waals surface area (Å²) in [5, 5.41) is 0. The molecule has 0 atom stereocenters. The van der Waals surface area contributed by atoms with Crippen LogP contribution in [-0.4, -0.2) is 25.3 Å². The summed E-state index contributed by atoms with van der Waals surface area (Å²) in [5.74, 6) is -2.11. The molecule has 0 aromatic heterocycles. The molecule has 0 radical (unpaired) electrons. The van der Waals surface area contributed by atoms with Crippen molar-refractivity contribution in [2.75, 3.05) is 13.2 Å². The third-order valence-electron chi connectivity index (χ3n) is 3.44. The lowest BCUT2D eigenvalue weighted by Gasteiger charge is -2.36. The van der Waals surface area contributed by atoms with Crippen molar-refractivity contribution in [1.29, 1.82) is 0 Å². The number of carbonyl (C=O) groups is 1. The van der Waals surface area contributed by atoms with E-state index >= 15 is 0 Å². The first-order valence-electron chi connectivity index (χ1n) is 5.84. The largest absolute Gasteiger partial charge is 0.490 e. The smallest absolute Gasteiger partial charge is 0.459 e. The van der Waals surface area contributed by atoms with Crippen molar-refractivity contribution in [3.63, 3.8) is 0 Å². The van der Waals surface area contributed by atoms with Crippen molar-refractivity contribution in [1.82, 2.24) is 0 Å². The average Bonchev–Trinajstić information content (AvgIpc) is 2.29. The molecule has 1 aliphatic carbocycles. The van der Waals surface area contributed by atoms with E-state index in [0.717, 1.165) is 32.1 Å². The summed E-state index contributed by atoms with van der Waals surface area (Å²) in [6, 6.07) is 0. The molecule has 0 aromatic carbocycles. The molecule has 1 rings (SSSR count). The van der Waals surface area contributed by atoms with E-state index < -0.39 is 12.1 Å². The van der Waals surface area contributed by atoms with Crippen molar-refractivity contribution in [2.45, 2.75) is 44.7 Å². The normalized spacial score (nSPS) is 20.0.